The minimum Gasteiger partial charge on any atom is -0.454 e. The van der Waals surface area contributed by atoms with Gasteiger partial charge in [0.15, 0.2) is 0 Å². The number of carbonyl (C=O) groups excluding carboxylic acids is 2. The van der Waals surface area contributed by atoms with Gasteiger partial charge in [-0.2, -0.15) is 0 Å². The van der Waals surface area contributed by atoms with Crippen LogP contribution in [-0.4, -0.2) is 17.0 Å². The molecule has 32 heavy (non-hydrogen) atoms. The van der Waals surface area contributed by atoms with Gasteiger partial charge in [-0.25, -0.2) is 9.59 Å². The largest absolute Gasteiger partial charge is 0.454 e. The summed E-state index contributed by atoms with van der Waals surface area (Å²) < 4.78 is 11.5. The van der Waals surface area contributed by atoms with Crippen LogP contribution in [0, 0.1) is 0 Å². The van der Waals surface area contributed by atoms with E-state index >= 15 is 0 Å². The first kappa shape index (κ1) is 20.5. The Labute approximate surface area is 186 Å². The van der Waals surface area contributed by atoms with Gasteiger partial charge in [0.1, 0.15) is 12.2 Å². The average Bonchev–Trinajstić information content (AvgIpc) is 3.43. The Morgan fingerprint density at radius 2 is 1.22 bits per heavy atom. The van der Waals surface area contributed by atoms with Crippen molar-refractivity contribution in [2.45, 2.75) is 44.5 Å². The zero-order chi connectivity index (χ0) is 22.1. The summed E-state index contributed by atoms with van der Waals surface area (Å²) in [5.74, 6) is -1.02. The maximum Gasteiger partial charge on any atom is 0.338 e. The fraction of sp³-hybridized carbons (Fsp3) is 0.259. The summed E-state index contributed by atoms with van der Waals surface area (Å²) in [5.41, 5.74) is 5.37. The Bertz CT molecular complexity index is 1090. The van der Waals surface area contributed by atoms with Gasteiger partial charge in [-0.15, -0.1) is 0 Å². The van der Waals surface area contributed by atoms with Crippen LogP contribution < -0.4 is 0 Å². The lowest BCUT2D eigenvalue weighted by atomic mass is 10.1. The van der Waals surface area contributed by atoms with Crippen molar-refractivity contribution in [3.05, 3.63) is 106 Å². The van der Waals surface area contributed by atoms with Gasteiger partial charge in [-0.05, 0) is 71.7 Å². The van der Waals surface area contributed by atoms with Crippen LogP contribution in [0.15, 0.2) is 66.7 Å². The van der Waals surface area contributed by atoms with Crippen molar-refractivity contribution in [1.82, 2.24) is 0 Å². The van der Waals surface area contributed by atoms with E-state index in [4.69, 9.17) is 9.47 Å². The standard InChI is InChI=1S/C27H24O5/c28-16-17-13-20(26(29)31-24-11-9-18-5-1-3-7-22(18)24)15-21(14-17)27(30)32-25-12-10-19-6-2-4-8-23(19)25/h1-8,13-15,24-25,28H,9-12,16H2/t24-,25+. The number of aliphatic hydroxyl groups is 1. The molecule has 0 spiro atoms. The van der Waals surface area contributed by atoms with Crippen LogP contribution in [-0.2, 0) is 28.9 Å². The summed E-state index contributed by atoms with van der Waals surface area (Å²) in [6.45, 7) is -0.292. The molecule has 0 bridgehead atoms. The van der Waals surface area contributed by atoms with Crippen molar-refractivity contribution in [1.29, 1.82) is 0 Å². The summed E-state index contributed by atoms with van der Waals surface area (Å²) in [5, 5.41) is 9.67. The minimum atomic E-state index is -0.512. The monoisotopic (exact) mass is 428 g/mol. The molecule has 0 amide bonds. The number of ether oxygens (including phenoxy) is 2. The Kier molecular flexibility index (Phi) is 5.50. The summed E-state index contributed by atoms with van der Waals surface area (Å²) in [4.78, 5) is 25.8. The van der Waals surface area contributed by atoms with E-state index in [0.29, 0.717) is 5.56 Å². The number of benzene rings is 3. The molecule has 0 radical (unpaired) electrons. The van der Waals surface area contributed by atoms with Gasteiger partial charge in [-0.1, -0.05) is 48.5 Å². The fourth-order valence-electron chi connectivity index (χ4n) is 4.69. The zero-order valence-electron chi connectivity index (χ0n) is 17.6. The molecule has 0 saturated carbocycles. The second-order valence-electron chi connectivity index (χ2n) is 8.34. The Morgan fingerprint density at radius 1 is 0.750 bits per heavy atom. The molecular weight excluding hydrogens is 404 g/mol. The van der Waals surface area contributed by atoms with Crippen LogP contribution in [0.5, 0.6) is 0 Å². The van der Waals surface area contributed by atoms with Crippen molar-refractivity contribution < 1.29 is 24.2 Å². The predicted molar refractivity (Wildman–Crippen MR) is 118 cm³/mol. The Morgan fingerprint density at radius 3 is 1.69 bits per heavy atom. The summed E-state index contributed by atoms with van der Waals surface area (Å²) in [6.07, 6.45) is 2.60. The number of esters is 2. The number of aryl methyl sites for hydroxylation is 2. The highest BCUT2D eigenvalue weighted by atomic mass is 16.5. The Hall–Kier alpha value is -3.44. The molecule has 0 fully saturated rings. The number of aliphatic hydroxyl groups excluding tert-OH is 1. The molecule has 1 N–H and O–H groups in total. The van der Waals surface area contributed by atoms with Crippen LogP contribution in [0.25, 0.3) is 0 Å². The molecule has 0 aromatic heterocycles. The summed E-state index contributed by atoms with van der Waals surface area (Å²) >= 11 is 0. The lowest BCUT2D eigenvalue weighted by Crippen LogP contribution is -2.14. The fourth-order valence-corrected chi connectivity index (χ4v) is 4.69. The van der Waals surface area contributed by atoms with Crippen LogP contribution in [0.2, 0.25) is 0 Å². The van der Waals surface area contributed by atoms with Gasteiger partial charge in [-0.3, -0.25) is 0 Å². The van der Waals surface area contributed by atoms with Gasteiger partial charge in [0.05, 0.1) is 17.7 Å². The van der Waals surface area contributed by atoms with E-state index in [-0.39, 0.29) is 29.9 Å². The first-order chi connectivity index (χ1) is 15.6. The first-order valence-electron chi connectivity index (χ1n) is 10.9. The van der Waals surface area contributed by atoms with Gasteiger partial charge in [0.2, 0.25) is 0 Å². The molecule has 0 heterocycles. The van der Waals surface area contributed by atoms with Crippen molar-refractivity contribution in [3.63, 3.8) is 0 Å². The van der Waals surface area contributed by atoms with E-state index in [0.717, 1.165) is 36.8 Å². The highest BCUT2D eigenvalue weighted by Crippen LogP contribution is 2.36. The van der Waals surface area contributed by atoms with Gasteiger partial charge in [0, 0.05) is 0 Å². The van der Waals surface area contributed by atoms with E-state index in [1.54, 1.807) is 12.1 Å². The normalized spacial score (nSPS) is 18.7. The molecule has 3 aromatic carbocycles. The quantitative estimate of drug-likeness (QED) is 0.587. The maximum atomic E-state index is 12.9. The molecule has 0 unspecified atom stereocenters. The molecule has 2 atom stereocenters. The van der Waals surface area contributed by atoms with E-state index < -0.39 is 11.9 Å². The highest BCUT2D eigenvalue weighted by Gasteiger charge is 2.28. The molecule has 3 aromatic rings. The lowest BCUT2D eigenvalue weighted by molar-refractivity contribution is 0.0299. The number of fused-ring (bicyclic) bond motifs is 2. The zero-order valence-corrected chi connectivity index (χ0v) is 17.6. The summed E-state index contributed by atoms with van der Waals surface area (Å²) in [7, 11) is 0. The molecule has 5 nitrogen and oxygen atoms in total. The van der Waals surface area contributed by atoms with E-state index in [1.165, 1.54) is 17.2 Å². The van der Waals surface area contributed by atoms with Crippen LogP contribution in [0.1, 0.15) is 73.6 Å². The highest BCUT2D eigenvalue weighted by molar-refractivity contribution is 5.96. The van der Waals surface area contributed by atoms with Crippen LogP contribution in [0.3, 0.4) is 0 Å². The third kappa shape index (κ3) is 3.92. The number of hydrogen-bond donors (Lipinski definition) is 1. The van der Waals surface area contributed by atoms with Crippen LogP contribution in [0.4, 0.5) is 0 Å². The SMILES string of the molecule is O=C(O[C@H]1CCc2ccccc21)c1cc(CO)cc(C(=O)O[C@@H]2CCc3ccccc32)c1. The molecule has 2 aliphatic carbocycles. The molecule has 2 aliphatic rings. The van der Waals surface area contributed by atoms with Gasteiger partial charge >= 0.3 is 11.9 Å². The second kappa shape index (κ2) is 8.60. The van der Waals surface area contributed by atoms with E-state index in [1.807, 2.05) is 48.5 Å². The molecule has 0 saturated heterocycles. The maximum absolute atomic E-state index is 12.9. The topological polar surface area (TPSA) is 72.8 Å². The molecule has 162 valence electrons. The van der Waals surface area contributed by atoms with Crippen molar-refractivity contribution in [2.75, 3.05) is 0 Å². The van der Waals surface area contributed by atoms with Crippen molar-refractivity contribution in [2.24, 2.45) is 0 Å². The Balaban J connectivity index is 1.35. The molecule has 0 aliphatic heterocycles. The minimum absolute atomic E-state index is 0.236. The van der Waals surface area contributed by atoms with Crippen molar-refractivity contribution >= 4 is 11.9 Å². The van der Waals surface area contributed by atoms with Gasteiger partial charge in [0.25, 0.3) is 0 Å². The number of carbonyl (C=O) groups is 2. The summed E-state index contributed by atoms with van der Waals surface area (Å²) in [6, 6.07) is 20.5. The van der Waals surface area contributed by atoms with E-state index in [2.05, 4.69) is 0 Å². The predicted octanol–water partition coefficient (Wildman–Crippen LogP) is 4.87. The molecule has 5 heteroatoms. The third-order valence-electron chi connectivity index (χ3n) is 6.30. The van der Waals surface area contributed by atoms with E-state index in [9.17, 15) is 14.7 Å². The number of hydrogen-bond acceptors (Lipinski definition) is 5. The second-order valence-corrected chi connectivity index (χ2v) is 8.34. The van der Waals surface area contributed by atoms with Crippen molar-refractivity contribution in [3.8, 4) is 0 Å². The first-order valence-corrected chi connectivity index (χ1v) is 10.9. The lowest BCUT2D eigenvalue weighted by Gasteiger charge is -2.16. The van der Waals surface area contributed by atoms with Crippen LogP contribution >= 0.6 is 0 Å². The third-order valence-corrected chi connectivity index (χ3v) is 6.30. The smallest absolute Gasteiger partial charge is 0.338 e. The average molecular weight is 428 g/mol. The molecular formula is C27H24O5. The number of rotatable bonds is 5. The van der Waals surface area contributed by atoms with Gasteiger partial charge < -0.3 is 14.6 Å². The molecule has 5 rings (SSSR count).